The van der Waals surface area contributed by atoms with Crippen LogP contribution >= 0.6 is 27.5 Å². The summed E-state index contributed by atoms with van der Waals surface area (Å²) < 4.78 is 0.932. The second-order valence-corrected chi connectivity index (χ2v) is 5.12. The molecule has 1 atom stereocenters. The normalized spacial score (nSPS) is 12.4. The van der Waals surface area contributed by atoms with Crippen molar-refractivity contribution >= 4 is 33.5 Å². The summed E-state index contributed by atoms with van der Waals surface area (Å²) in [6.45, 7) is 2.42. The van der Waals surface area contributed by atoms with Crippen LogP contribution in [0.15, 0.2) is 22.7 Å². The zero-order chi connectivity index (χ0) is 12.8. The van der Waals surface area contributed by atoms with Gasteiger partial charge in [-0.2, -0.15) is 0 Å². The van der Waals surface area contributed by atoms with E-state index in [4.69, 9.17) is 16.7 Å². The maximum atomic E-state index is 11.0. The van der Waals surface area contributed by atoms with Crippen molar-refractivity contribution in [3.05, 3.63) is 33.3 Å². The lowest BCUT2D eigenvalue weighted by Crippen LogP contribution is -2.36. The number of aliphatic carboxylic acids is 1. The molecule has 1 aromatic rings. The van der Waals surface area contributed by atoms with Crippen LogP contribution in [-0.4, -0.2) is 17.1 Å². The van der Waals surface area contributed by atoms with E-state index in [1.807, 2.05) is 19.1 Å². The summed E-state index contributed by atoms with van der Waals surface area (Å²) in [6, 6.07) is 5.01. The number of carboxylic acids is 1. The van der Waals surface area contributed by atoms with E-state index in [1.165, 1.54) is 0 Å². The fraction of sp³-hybridized carbons (Fsp3) is 0.417. The number of carbonyl (C=O) groups is 1. The number of hydrogen-bond donors (Lipinski definition) is 2. The van der Waals surface area contributed by atoms with Crippen LogP contribution in [0.4, 0.5) is 0 Å². The van der Waals surface area contributed by atoms with E-state index in [-0.39, 0.29) is 0 Å². The molecule has 17 heavy (non-hydrogen) atoms. The Morgan fingerprint density at radius 2 is 2.29 bits per heavy atom. The Bertz CT molecular complexity index is 398. The molecule has 0 bridgehead atoms. The van der Waals surface area contributed by atoms with Crippen LogP contribution in [0.25, 0.3) is 0 Å². The summed E-state index contributed by atoms with van der Waals surface area (Å²) in [7, 11) is 0. The number of carboxylic acid groups (broad SMARTS) is 1. The molecule has 3 nitrogen and oxygen atoms in total. The molecule has 1 aromatic carbocycles. The van der Waals surface area contributed by atoms with Gasteiger partial charge in [0.05, 0.1) is 0 Å². The average Bonchev–Trinajstić information content (AvgIpc) is 2.28. The van der Waals surface area contributed by atoms with E-state index in [2.05, 4.69) is 21.2 Å². The van der Waals surface area contributed by atoms with E-state index in [0.717, 1.165) is 16.5 Å². The van der Waals surface area contributed by atoms with E-state index in [0.29, 0.717) is 18.0 Å². The Labute approximate surface area is 114 Å². The molecule has 0 aliphatic carbocycles. The van der Waals surface area contributed by atoms with Crippen molar-refractivity contribution in [2.75, 3.05) is 0 Å². The van der Waals surface area contributed by atoms with Gasteiger partial charge in [0.15, 0.2) is 0 Å². The third-order valence-electron chi connectivity index (χ3n) is 2.42. The summed E-state index contributed by atoms with van der Waals surface area (Å²) in [6.07, 6.45) is 1.44. The molecular formula is C12H15BrClNO2. The van der Waals surface area contributed by atoms with Gasteiger partial charge in [0, 0.05) is 16.0 Å². The van der Waals surface area contributed by atoms with Gasteiger partial charge in [-0.05, 0) is 30.2 Å². The standard InChI is InChI=1S/C12H15BrClNO2/c1-2-3-11(12(16)17)15-7-8-6-9(13)4-5-10(8)14/h4-6,11,15H,2-3,7H2,1H3,(H,16,17). The maximum absolute atomic E-state index is 11.0. The molecule has 0 radical (unpaired) electrons. The zero-order valence-corrected chi connectivity index (χ0v) is 11.9. The topological polar surface area (TPSA) is 49.3 Å². The molecule has 0 saturated heterocycles. The van der Waals surface area contributed by atoms with Crippen molar-refractivity contribution in [1.82, 2.24) is 5.32 Å². The van der Waals surface area contributed by atoms with Gasteiger partial charge in [0.25, 0.3) is 0 Å². The molecule has 0 fully saturated rings. The van der Waals surface area contributed by atoms with Crippen LogP contribution in [0, 0.1) is 0 Å². The lowest BCUT2D eigenvalue weighted by molar-refractivity contribution is -0.139. The Morgan fingerprint density at radius 3 is 2.88 bits per heavy atom. The summed E-state index contributed by atoms with van der Waals surface area (Å²) in [5.41, 5.74) is 0.892. The quantitative estimate of drug-likeness (QED) is 0.844. The predicted octanol–water partition coefficient (Wildman–Crippen LogP) is 3.45. The minimum Gasteiger partial charge on any atom is -0.480 e. The van der Waals surface area contributed by atoms with Gasteiger partial charge in [-0.25, -0.2) is 0 Å². The summed E-state index contributed by atoms with van der Waals surface area (Å²) in [5, 5.41) is 12.6. The van der Waals surface area contributed by atoms with Crippen LogP contribution in [0.2, 0.25) is 5.02 Å². The van der Waals surface area contributed by atoms with Gasteiger partial charge in [0.1, 0.15) is 6.04 Å². The van der Waals surface area contributed by atoms with Crippen molar-refractivity contribution in [1.29, 1.82) is 0 Å². The van der Waals surface area contributed by atoms with Crippen LogP contribution in [0.3, 0.4) is 0 Å². The molecule has 5 heteroatoms. The minimum atomic E-state index is -0.821. The summed E-state index contributed by atoms with van der Waals surface area (Å²) in [4.78, 5) is 11.0. The number of hydrogen-bond acceptors (Lipinski definition) is 2. The Morgan fingerprint density at radius 1 is 1.59 bits per heavy atom. The van der Waals surface area contributed by atoms with Gasteiger partial charge < -0.3 is 10.4 Å². The molecule has 2 N–H and O–H groups in total. The van der Waals surface area contributed by atoms with Crippen molar-refractivity contribution in [2.24, 2.45) is 0 Å². The number of nitrogens with one attached hydrogen (secondary N) is 1. The maximum Gasteiger partial charge on any atom is 0.320 e. The smallest absolute Gasteiger partial charge is 0.320 e. The molecular weight excluding hydrogens is 305 g/mol. The molecule has 0 aromatic heterocycles. The largest absolute Gasteiger partial charge is 0.480 e. The average molecular weight is 321 g/mol. The van der Waals surface area contributed by atoms with Crippen LogP contribution in [0.1, 0.15) is 25.3 Å². The second kappa shape index (κ2) is 6.99. The van der Waals surface area contributed by atoms with Gasteiger partial charge in [-0.3, -0.25) is 4.79 Å². The molecule has 1 rings (SSSR count). The first-order valence-corrected chi connectivity index (χ1v) is 6.61. The predicted molar refractivity (Wildman–Crippen MR) is 72.3 cm³/mol. The highest BCUT2D eigenvalue weighted by Gasteiger charge is 2.15. The zero-order valence-electron chi connectivity index (χ0n) is 9.54. The molecule has 0 saturated carbocycles. The van der Waals surface area contributed by atoms with Crippen molar-refractivity contribution in [3.63, 3.8) is 0 Å². The van der Waals surface area contributed by atoms with E-state index >= 15 is 0 Å². The monoisotopic (exact) mass is 319 g/mol. The number of rotatable bonds is 6. The van der Waals surface area contributed by atoms with Gasteiger partial charge in [0.2, 0.25) is 0 Å². The molecule has 0 aliphatic heterocycles. The van der Waals surface area contributed by atoms with E-state index in [1.54, 1.807) is 6.07 Å². The van der Waals surface area contributed by atoms with Crippen LogP contribution in [0.5, 0.6) is 0 Å². The second-order valence-electron chi connectivity index (χ2n) is 3.80. The summed E-state index contributed by atoms with van der Waals surface area (Å²) in [5.74, 6) is -0.821. The first-order valence-electron chi connectivity index (χ1n) is 5.44. The highest BCUT2D eigenvalue weighted by molar-refractivity contribution is 9.10. The van der Waals surface area contributed by atoms with Crippen LogP contribution in [-0.2, 0) is 11.3 Å². The molecule has 1 unspecified atom stereocenters. The third kappa shape index (κ3) is 4.66. The lowest BCUT2D eigenvalue weighted by Gasteiger charge is -2.14. The fourth-order valence-electron chi connectivity index (χ4n) is 1.51. The molecule has 0 heterocycles. The molecule has 94 valence electrons. The van der Waals surface area contributed by atoms with Crippen molar-refractivity contribution in [2.45, 2.75) is 32.4 Å². The van der Waals surface area contributed by atoms with Crippen molar-refractivity contribution in [3.8, 4) is 0 Å². The lowest BCUT2D eigenvalue weighted by atomic mass is 10.1. The SMILES string of the molecule is CCCC(NCc1cc(Br)ccc1Cl)C(=O)O. The number of halogens is 2. The highest BCUT2D eigenvalue weighted by atomic mass is 79.9. The van der Waals surface area contributed by atoms with Gasteiger partial charge >= 0.3 is 5.97 Å². The van der Waals surface area contributed by atoms with Crippen molar-refractivity contribution < 1.29 is 9.90 Å². The molecule has 0 amide bonds. The summed E-state index contributed by atoms with van der Waals surface area (Å²) >= 11 is 9.39. The van der Waals surface area contributed by atoms with Gasteiger partial charge in [-0.1, -0.05) is 40.9 Å². The molecule has 0 aliphatic rings. The molecule has 0 spiro atoms. The van der Waals surface area contributed by atoms with E-state index < -0.39 is 12.0 Å². The Kier molecular flexibility index (Phi) is 5.95. The van der Waals surface area contributed by atoms with E-state index in [9.17, 15) is 4.79 Å². The number of benzene rings is 1. The van der Waals surface area contributed by atoms with Gasteiger partial charge in [-0.15, -0.1) is 0 Å². The first-order chi connectivity index (χ1) is 8.04. The first kappa shape index (κ1) is 14.5. The Balaban J connectivity index is 2.64. The third-order valence-corrected chi connectivity index (χ3v) is 3.28. The fourth-order valence-corrected chi connectivity index (χ4v) is 2.11. The highest BCUT2D eigenvalue weighted by Crippen LogP contribution is 2.21. The minimum absolute atomic E-state index is 0.454. The van der Waals surface area contributed by atoms with Crippen LogP contribution < -0.4 is 5.32 Å². The Hall–Kier alpha value is -0.580.